The number of ether oxygens (including phenoxy) is 1. The number of carbonyl (C=O) groups excluding carboxylic acids is 1. The van der Waals surface area contributed by atoms with Crippen LogP contribution < -0.4 is 15.7 Å². The van der Waals surface area contributed by atoms with Crippen LogP contribution in [0.2, 0.25) is 0 Å². The number of aromatic amines is 1. The Bertz CT molecular complexity index is 779. The fourth-order valence-corrected chi connectivity index (χ4v) is 1.55. The second-order valence-corrected chi connectivity index (χ2v) is 4.23. The third kappa shape index (κ3) is 4.77. The van der Waals surface area contributed by atoms with E-state index in [2.05, 4.69) is 20.7 Å². The van der Waals surface area contributed by atoms with Gasteiger partial charge in [0.15, 0.2) is 12.3 Å². The normalized spacial score (nSPS) is 10.4. The summed E-state index contributed by atoms with van der Waals surface area (Å²) in [4.78, 5) is 33.1. The Hall–Kier alpha value is -3.49. The fourth-order valence-electron chi connectivity index (χ4n) is 1.55. The van der Waals surface area contributed by atoms with Gasteiger partial charge >= 0.3 is 5.97 Å². The first-order valence-corrected chi connectivity index (χ1v) is 6.39. The number of carboxylic acid groups (broad SMARTS) is 1. The van der Waals surface area contributed by atoms with E-state index in [1.165, 1.54) is 18.3 Å². The molecule has 0 aliphatic carbocycles. The molecule has 1 amide bonds. The van der Waals surface area contributed by atoms with E-state index in [1.54, 1.807) is 24.3 Å². The summed E-state index contributed by atoms with van der Waals surface area (Å²) in [7, 11) is 0. The van der Waals surface area contributed by atoms with Crippen molar-refractivity contribution in [2.75, 3.05) is 6.61 Å². The Labute approximate surface area is 129 Å². The van der Waals surface area contributed by atoms with Gasteiger partial charge < -0.3 is 9.84 Å². The fraction of sp³-hybridized carbons (Fsp3) is 0.0714. The Morgan fingerprint density at radius 3 is 2.78 bits per heavy atom. The number of rotatable bonds is 6. The van der Waals surface area contributed by atoms with Crippen LogP contribution in [0.3, 0.4) is 0 Å². The van der Waals surface area contributed by atoms with E-state index in [0.717, 1.165) is 0 Å². The van der Waals surface area contributed by atoms with Gasteiger partial charge in [0.05, 0.1) is 6.21 Å². The van der Waals surface area contributed by atoms with Crippen molar-refractivity contribution in [1.82, 2.24) is 15.6 Å². The lowest BCUT2D eigenvalue weighted by Gasteiger charge is -2.06. The van der Waals surface area contributed by atoms with Crippen molar-refractivity contribution in [3.05, 3.63) is 58.0 Å². The number of aromatic nitrogens is 2. The van der Waals surface area contributed by atoms with Gasteiger partial charge in [0, 0.05) is 11.6 Å². The molecule has 0 spiro atoms. The molecular weight excluding hydrogens is 304 g/mol. The summed E-state index contributed by atoms with van der Waals surface area (Å²) >= 11 is 0. The first-order chi connectivity index (χ1) is 11.1. The van der Waals surface area contributed by atoms with Crippen LogP contribution in [0.15, 0.2) is 46.3 Å². The smallest absolute Gasteiger partial charge is 0.341 e. The van der Waals surface area contributed by atoms with Crippen LogP contribution in [0.25, 0.3) is 0 Å². The van der Waals surface area contributed by atoms with E-state index in [1.807, 2.05) is 0 Å². The second kappa shape index (κ2) is 7.50. The second-order valence-electron chi connectivity index (χ2n) is 4.23. The lowest BCUT2D eigenvalue weighted by molar-refractivity contribution is -0.139. The van der Waals surface area contributed by atoms with Gasteiger partial charge in [-0.15, -0.1) is 0 Å². The summed E-state index contributed by atoms with van der Waals surface area (Å²) in [6, 6.07) is 9.03. The minimum absolute atomic E-state index is 0.00263. The van der Waals surface area contributed by atoms with Gasteiger partial charge in [0.1, 0.15) is 5.75 Å². The Morgan fingerprint density at radius 2 is 2.09 bits per heavy atom. The number of carboxylic acids is 1. The van der Waals surface area contributed by atoms with Crippen molar-refractivity contribution in [3.8, 4) is 5.75 Å². The van der Waals surface area contributed by atoms with Crippen molar-refractivity contribution < 1.29 is 19.4 Å². The number of para-hydroxylation sites is 1. The number of carbonyl (C=O) groups is 2. The highest BCUT2D eigenvalue weighted by Crippen LogP contribution is 2.15. The monoisotopic (exact) mass is 316 g/mol. The average Bonchev–Trinajstić information content (AvgIpc) is 2.54. The molecule has 3 N–H and O–H groups in total. The first-order valence-electron chi connectivity index (χ1n) is 6.39. The van der Waals surface area contributed by atoms with Crippen molar-refractivity contribution in [1.29, 1.82) is 0 Å². The molecule has 0 radical (unpaired) electrons. The van der Waals surface area contributed by atoms with Crippen LogP contribution in [0.5, 0.6) is 5.75 Å². The molecule has 9 nitrogen and oxygen atoms in total. The maximum atomic E-state index is 11.7. The highest BCUT2D eigenvalue weighted by molar-refractivity contribution is 5.93. The van der Waals surface area contributed by atoms with Crippen molar-refractivity contribution >= 4 is 18.1 Å². The predicted molar refractivity (Wildman–Crippen MR) is 79.5 cm³/mol. The van der Waals surface area contributed by atoms with Gasteiger partial charge in [-0.05, 0) is 18.2 Å². The number of hydrazone groups is 1. The number of nitrogens with one attached hydrogen (secondary N) is 2. The number of benzene rings is 1. The zero-order valence-electron chi connectivity index (χ0n) is 11.7. The number of aliphatic carboxylic acids is 1. The largest absolute Gasteiger partial charge is 0.481 e. The minimum Gasteiger partial charge on any atom is -0.481 e. The van der Waals surface area contributed by atoms with E-state index in [-0.39, 0.29) is 5.69 Å². The predicted octanol–water partition coefficient (Wildman–Crippen LogP) is -0.00280. The van der Waals surface area contributed by atoms with Crippen molar-refractivity contribution in [2.24, 2.45) is 5.10 Å². The van der Waals surface area contributed by atoms with E-state index in [9.17, 15) is 14.4 Å². The summed E-state index contributed by atoms with van der Waals surface area (Å²) in [5.41, 5.74) is 2.30. The lowest BCUT2D eigenvalue weighted by Crippen LogP contribution is -2.21. The van der Waals surface area contributed by atoms with Crippen molar-refractivity contribution in [3.63, 3.8) is 0 Å². The van der Waals surface area contributed by atoms with Gasteiger partial charge in [-0.25, -0.2) is 15.3 Å². The maximum absolute atomic E-state index is 11.7. The summed E-state index contributed by atoms with van der Waals surface area (Å²) in [5, 5.41) is 18.0. The van der Waals surface area contributed by atoms with Gasteiger partial charge in [-0.1, -0.05) is 12.1 Å². The Balaban J connectivity index is 2.02. The zero-order chi connectivity index (χ0) is 16.7. The molecule has 0 atom stereocenters. The Kier molecular flexibility index (Phi) is 5.18. The van der Waals surface area contributed by atoms with E-state index >= 15 is 0 Å². The molecule has 0 aliphatic heterocycles. The molecule has 23 heavy (non-hydrogen) atoms. The van der Waals surface area contributed by atoms with E-state index < -0.39 is 24.0 Å². The number of hydrogen-bond acceptors (Lipinski definition) is 6. The summed E-state index contributed by atoms with van der Waals surface area (Å²) in [6.45, 7) is -0.488. The van der Waals surface area contributed by atoms with Crippen LogP contribution in [-0.2, 0) is 4.79 Å². The SMILES string of the molecule is O=C(O)COc1ccccc1/C=N/NC(=O)c1ccc(=O)[nH]n1. The zero-order valence-corrected chi connectivity index (χ0v) is 11.7. The standard InChI is InChI=1S/C14H12N4O5/c19-12-6-5-10(16-17-12)14(22)18-15-7-9-3-1-2-4-11(9)23-8-13(20)21/h1-7H,8H2,(H,17,19)(H,18,22)(H,20,21)/b15-7+. The third-order valence-corrected chi connectivity index (χ3v) is 2.55. The highest BCUT2D eigenvalue weighted by Gasteiger charge is 2.06. The molecule has 0 unspecified atom stereocenters. The van der Waals surface area contributed by atoms with Gasteiger partial charge in [-0.3, -0.25) is 9.59 Å². The molecule has 0 saturated carbocycles. The first kappa shape index (κ1) is 15.9. The average molecular weight is 316 g/mol. The van der Waals surface area contributed by atoms with Gasteiger partial charge in [0.2, 0.25) is 0 Å². The van der Waals surface area contributed by atoms with Crippen LogP contribution in [0.1, 0.15) is 16.1 Å². The highest BCUT2D eigenvalue weighted by atomic mass is 16.5. The number of nitrogens with zero attached hydrogens (tertiary/aromatic N) is 2. The summed E-state index contributed by atoms with van der Waals surface area (Å²) < 4.78 is 5.10. The molecule has 1 heterocycles. The van der Waals surface area contributed by atoms with Gasteiger partial charge in [-0.2, -0.15) is 10.2 Å². The van der Waals surface area contributed by atoms with E-state index in [4.69, 9.17) is 9.84 Å². The molecule has 1 aromatic heterocycles. The third-order valence-electron chi connectivity index (χ3n) is 2.55. The molecular formula is C14H12N4O5. The molecule has 0 saturated heterocycles. The minimum atomic E-state index is -1.10. The quantitative estimate of drug-likeness (QED) is 0.507. The topological polar surface area (TPSA) is 134 Å². The number of amides is 1. The van der Waals surface area contributed by atoms with Crippen LogP contribution in [-0.4, -0.2) is 40.0 Å². The summed E-state index contributed by atoms with van der Waals surface area (Å²) in [5.74, 6) is -1.40. The van der Waals surface area contributed by atoms with Crippen molar-refractivity contribution in [2.45, 2.75) is 0 Å². The molecule has 2 rings (SSSR count). The number of hydrogen-bond donors (Lipinski definition) is 3. The Morgan fingerprint density at radius 1 is 1.30 bits per heavy atom. The molecule has 9 heteroatoms. The molecule has 0 aliphatic rings. The van der Waals surface area contributed by atoms with Gasteiger partial charge in [0.25, 0.3) is 11.5 Å². The summed E-state index contributed by atoms with van der Waals surface area (Å²) in [6.07, 6.45) is 1.31. The molecule has 0 bridgehead atoms. The molecule has 118 valence electrons. The van der Waals surface area contributed by atoms with E-state index in [0.29, 0.717) is 11.3 Å². The van der Waals surface area contributed by atoms with Crippen LogP contribution >= 0.6 is 0 Å². The maximum Gasteiger partial charge on any atom is 0.341 e. The molecule has 0 fully saturated rings. The van der Waals surface area contributed by atoms with Crippen LogP contribution in [0.4, 0.5) is 0 Å². The van der Waals surface area contributed by atoms with Crippen LogP contribution in [0, 0.1) is 0 Å². The molecule has 1 aromatic carbocycles. The molecule has 2 aromatic rings. The lowest BCUT2D eigenvalue weighted by atomic mass is 10.2. The number of H-pyrrole nitrogens is 1.